The standard InChI is InChI=1S/C23H23FN6O4/c1-12-8-9-14(24)10-16(12)26-22(31)19-21(25)30(29-28-19)11-17-13(2)34-23(27-17)15-6-5-7-18(32-3)20(15)33-4/h5-10H,11,25H2,1-4H3,(H,26,31). The molecule has 2 heterocycles. The molecule has 2 aromatic heterocycles. The second-order valence-corrected chi connectivity index (χ2v) is 7.46. The van der Waals surface area contributed by atoms with Gasteiger partial charge in [0, 0.05) is 5.69 Å². The molecule has 0 saturated carbocycles. The van der Waals surface area contributed by atoms with Gasteiger partial charge in [0.05, 0.1) is 26.3 Å². The van der Waals surface area contributed by atoms with Crippen LogP contribution in [0.5, 0.6) is 11.5 Å². The first-order valence-electron chi connectivity index (χ1n) is 10.3. The number of nitrogen functional groups attached to an aromatic ring is 1. The van der Waals surface area contributed by atoms with Gasteiger partial charge in [0.2, 0.25) is 5.89 Å². The van der Waals surface area contributed by atoms with Crippen LogP contribution in [0.2, 0.25) is 0 Å². The maximum atomic E-state index is 13.5. The van der Waals surface area contributed by atoms with Gasteiger partial charge < -0.3 is 24.9 Å². The van der Waals surface area contributed by atoms with E-state index in [0.29, 0.717) is 45.7 Å². The topological polar surface area (TPSA) is 130 Å². The molecule has 10 nitrogen and oxygen atoms in total. The molecule has 0 bridgehead atoms. The molecule has 1 amide bonds. The van der Waals surface area contributed by atoms with Gasteiger partial charge in [-0.1, -0.05) is 17.3 Å². The highest BCUT2D eigenvalue weighted by Gasteiger charge is 2.22. The Kier molecular flexibility index (Phi) is 6.17. The fourth-order valence-electron chi connectivity index (χ4n) is 3.40. The predicted octanol–water partition coefficient (Wildman–Crippen LogP) is 3.59. The molecule has 0 aliphatic heterocycles. The van der Waals surface area contributed by atoms with E-state index in [0.717, 1.165) is 0 Å². The lowest BCUT2D eigenvalue weighted by Gasteiger charge is -2.09. The van der Waals surface area contributed by atoms with Crippen LogP contribution in [-0.4, -0.2) is 40.1 Å². The maximum absolute atomic E-state index is 13.5. The molecule has 2 aromatic carbocycles. The maximum Gasteiger partial charge on any atom is 0.280 e. The molecule has 0 aliphatic rings. The first kappa shape index (κ1) is 22.8. The van der Waals surface area contributed by atoms with E-state index in [1.807, 2.05) is 0 Å². The summed E-state index contributed by atoms with van der Waals surface area (Å²) in [5.74, 6) is 0.873. The Morgan fingerprint density at radius 1 is 1.21 bits per heavy atom. The molecular formula is C23H23FN6O4. The number of anilines is 2. The zero-order chi connectivity index (χ0) is 24.4. The minimum absolute atomic E-state index is 0.0365. The third kappa shape index (κ3) is 4.27. The van der Waals surface area contributed by atoms with Crippen LogP contribution in [0.1, 0.15) is 27.5 Å². The number of benzene rings is 2. The fraction of sp³-hybridized carbons (Fsp3) is 0.217. The second-order valence-electron chi connectivity index (χ2n) is 7.46. The summed E-state index contributed by atoms with van der Waals surface area (Å²) in [7, 11) is 3.08. The number of methoxy groups -OCH3 is 2. The number of carbonyl (C=O) groups excluding carboxylic acids is 1. The van der Waals surface area contributed by atoms with Gasteiger partial charge in [-0.15, -0.1) is 5.10 Å². The molecule has 4 aromatic rings. The van der Waals surface area contributed by atoms with Crippen molar-refractivity contribution < 1.29 is 23.1 Å². The Labute approximate surface area is 194 Å². The van der Waals surface area contributed by atoms with Crippen LogP contribution in [0.15, 0.2) is 40.8 Å². The molecule has 3 N–H and O–H groups in total. The van der Waals surface area contributed by atoms with E-state index >= 15 is 0 Å². The monoisotopic (exact) mass is 466 g/mol. The number of rotatable bonds is 7. The number of carbonyl (C=O) groups is 1. The molecule has 0 fully saturated rings. The summed E-state index contributed by atoms with van der Waals surface area (Å²) in [6.07, 6.45) is 0. The van der Waals surface area contributed by atoms with E-state index in [1.165, 1.54) is 23.9 Å². The lowest BCUT2D eigenvalue weighted by atomic mass is 10.2. The van der Waals surface area contributed by atoms with Crippen molar-refractivity contribution in [1.82, 2.24) is 20.0 Å². The van der Waals surface area contributed by atoms with Crippen molar-refractivity contribution in [2.24, 2.45) is 0 Å². The summed E-state index contributed by atoms with van der Waals surface area (Å²) in [5, 5.41) is 10.5. The quantitative estimate of drug-likeness (QED) is 0.423. The molecule has 0 aliphatic carbocycles. The van der Waals surface area contributed by atoms with Crippen LogP contribution in [0.4, 0.5) is 15.9 Å². The van der Waals surface area contributed by atoms with E-state index in [9.17, 15) is 9.18 Å². The Bertz CT molecular complexity index is 1360. The van der Waals surface area contributed by atoms with E-state index in [2.05, 4.69) is 20.6 Å². The summed E-state index contributed by atoms with van der Waals surface area (Å²) in [6.45, 7) is 3.62. The molecule has 4 rings (SSSR count). The number of aromatic nitrogens is 4. The van der Waals surface area contributed by atoms with Gasteiger partial charge in [0.1, 0.15) is 17.3 Å². The van der Waals surface area contributed by atoms with Crippen molar-refractivity contribution in [2.75, 3.05) is 25.3 Å². The van der Waals surface area contributed by atoms with E-state index in [4.69, 9.17) is 19.6 Å². The molecule has 0 radical (unpaired) electrons. The van der Waals surface area contributed by atoms with Gasteiger partial charge in [-0.2, -0.15) is 0 Å². The van der Waals surface area contributed by atoms with Crippen molar-refractivity contribution in [1.29, 1.82) is 0 Å². The molecule has 176 valence electrons. The number of para-hydroxylation sites is 1. The fourth-order valence-corrected chi connectivity index (χ4v) is 3.40. The van der Waals surface area contributed by atoms with Crippen LogP contribution in [-0.2, 0) is 6.54 Å². The normalized spacial score (nSPS) is 10.9. The number of ether oxygens (including phenoxy) is 2. The second kappa shape index (κ2) is 9.22. The largest absolute Gasteiger partial charge is 0.493 e. The number of hydrogen-bond donors (Lipinski definition) is 2. The van der Waals surface area contributed by atoms with Crippen LogP contribution >= 0.6 is 0 Å². The molecule has 34 heavy (non-hydrogen) atoms. The molecule has 0 spiro atoms. The third-order valence-corrected chi connectivity index (χ3v) is 5.26. The highest BCUT2D eigenvalue weighted by molar-refractivity contribution is 6.06. The van der Waals surface area contributed by atoms with Crippen molar-refractivity contribution in [2.45, 2.75) is 20.4 Å². The van der Waals surface area contributed by atoms with Crippen LogP contribution < -0.4 is 20.5 Å². The Balaban J connectivity index is 1.58. The average Bonchev–Trinajstić information content (AvgIpc) is 3.38. The first-order chi connectivity index (χ1) is 16.3. The summed E-state index contributed by atoms with van der Waals surface area (Å²) >= 11 is 0. The van der Waals surface area contributed by atoms with E-state index in [-0.39, 0.29) is 18.1 Å². The molecule has 0 saturated heterocycles. The third-order valence-electron chi connectivity index (χ3n) is 5.26. The van der Waals surface area contributed by atoms with Gasteiger partial charge in [-0.3, -0.25) is 4.79 Å². The minimum Gasteiger partial charge on any atom is -0.493 e. The van der Waals surface area contributed by atoms with Crippen molar-refractivity contribution in [3.63, 3.8) is 0 Å². The van der Waals surface area contributed by atoms with E-state index in [1.54, 1.807) is 45.2 Å². The number of oxazole rings is 1. The predicted molar refractivity (Wildman–Crippen MR) is 122 cm³/mol. The zero-order valence-corrected chi connectivity index (χ0v) is 19.0. The summed E-state index contributed by atoms with van der Waals surface area (Å²) in [4.78, 5) is 17.2. The number of hydrogen-bond acceptors (Lipinski definition) is 8. The number of aryl methyl sites for hydroxylation is 2. The Morgan fingerprint density at radius 3 is 2.74 bits per heavy atom. The van der Waals surface area contributed by atoms with Gasteiger partial charge in [-0.25, -0.2) is 14.1 Å². The van der Waals surface area contributed by atoms with Gasteiger partial charge >= 0.3 is 0 Å². The SMILES string of the molecule is COc1cccc(-c2nc(Cn3nnc(C(=O)Nc4cc(F)ccc4C)c3N)c(C)o2)c1OC. The van der Waals surface area contributed by atoms with Crippen molar-refractivity contribution >= 4 is 17.4 Å². The lowest BCUT2D eigenvalue weighted by Crippen LogP contribution is -2.16. The van der Waals surface area contributed by atoms with Crippen molar-refractivity contribution in [3.8, 4) is 23.0 Å². The Hall–Kier alpha value is -4.41. The highest BCUT2D eigenvalue weighted by atomic mass is 19.1. The van der Waals surface area contributed by atoms with Crippen molar-refractivity contribution in [3.05, 3.63) is 64.9 Å². The molecule has 0 unspecified atom stereocenters. The highest BCUT2D eigenvalue weighted by Crippen LogP contribution is 2.38. The lowest BCUT2D eigenvalue weighted by molar-refractivity contribution is 0.102. The Morgan fingerprint density at radius 2 is 2.00 bits per heavy atom. The number of halogens is 1. The van der Waals surface area contributed by atoms with Gasteiger partial charge in [0.25, 0.3) is 5.91 Å². The van der Waals surface area contributed by atoms with Gasteiger partial charge in [-0.05, 0) is 43.7 Å². The van der Waals surface area contributed by atoms with Crippen LogP contribution in [0.25, 0.3) is 11.5 Å². The van der Waals surface area contributed by atoms with Gasteiger partial charge in [0.15, 0.2) is 23.0 Å². The van der Waals surface area contributed by atoms with Crippen LogP contribution in [0, 0.1) is 19.7 Å². The zero-order valence-electron chi connectivity index (χ0n) is 19.0. The number of amides is 1. The van der Waals surface area contributed by atoms with E-state index < -0.39 is 11.7 Å². The smallest absolute Gasteiger partial charge is 0.280 e. The summed E-state index contributed by atoms with van der Waals surface area (Å²) in [6, 6.07) is 9.47. The molecular weight excluding hydrogens is 443 g/mol. The number of nitrogens with zero attached hydrogens (tertiary/aromatic N) is 4. The summed E-state index contributed by atoms with van der Waals surface area (Å²) in [5.41, 5.74) is 8.23. The first-order valence-corrected chi connectivity index (χ1v) is 10.3. The minimum atomic E-state index is -0.601. The number of nitrogens with two attached hydrogens (primary N) is 1. The molecule has 11 heteroatoms. The number of nitrogens with one attached hydrogen (secondary N) is 1. The van der Waals surface area contributed by atoms with Crippen LogP contribution in [0.3, 0.4) is 0 Å². The molecule has 0 atom stereocenters. The summed E-state index contributed by atoms with van der Waals surface area (Å²) < 4.78 is 31.5. The average molecular weight is 466 g/mol.